The van der Waals surface area contributed by atoms with Gasteiger partial charge in [-0.25, -0.2) is 4.79 Å². The summed E-state index contributed by atoms with van der Waals surface area (Å²) in [6.45, 7) is 1.41. The lowest BCUT2D eigenvalue weighted by molar-refractivity contribution is -0.142. The summed E-state index contributed by atoms with van der Waals surface area (Å²) in [6.07, 6.45) is 12.2. The zero-order valence-corrected chi connectivity index (χ0v) is 23.2. The van der Waals surface area contributed by atoms with E-state index in [-0.39, 0.29) is 19.1 Å². The van der Waals surface area contributed by atoms with Crippen molar-refractivity contribution in [3.8, 4) is 0 Å². The number of amides is 3. The van der Waals surface area contributed by atoms with E-state index in [1.807, 2.05) is 6.08 Å². The molecular weight excluding hydrogens is 506 g/mol. The number of unbranched alkanes of at least 4 members (excludes halogenated alkanes) is 8. The largest absolute Gasteiger partial charge is 0.395 e. The highest BCUT2D eigenvalue weighted by molar-refractivity contribution is 5.98. The van der Waals surface area contributed by atoms with Crippen molar-refractivity contribution >= 4 is 11.9 Å². The molecule has 2 rings (SSSR count). The van der Waals surface area contributed by atoms with Crippen molar-refractivity contribution in [2.45, 2.75) is 108 Å². The number of carbonyl (C=O) groups is 2. The molecule has 2 saturated heterocycles. The third kappa shape index (κ3) is 10.2. The normalized spacial score (nSPS) is 27.8. The van der Waals surface area contributed by atoms with Crippen molar-refractivity contribution in [3.05, 3.63) is 24.3 Å². The van der Waals surface area contributed by atoms with Crippen molar-refractivity contribution in [1.29, 1.82) is 0 Å². The number of imide groups is 1. The number of urea groups is 1. The van der Waals surface area contributed by atoms with Crippen LogP contribution in [-0.2, 0) is 9.53 Å². The van der Waals surface area contributed by atoms with E-state index in [0.717, 1.165) is 57.8 Å². The molecule has 2 fully saturated rings. The van der Waals surface area contributed by atoms with Crippen LogP contribution in [-0.4, -0.2) is 110 Å². The number of allylic oxidation sites excluding steroid dienone is 3. The van der Waals surface area contributed by atoms with Gasteiger partial charge in [-0.2, -0.15) is 0 Å². The van der Waals surface area contributed by atoms with Gasteiger partial charge in [0.25, 0.3) is 0 Å². The van der Waals surface area contributed by atoms with E-state index in [1.165, 1.54) is 9.80 Å². The monoisotopic (exact) mass is 555 g/mol. The summed E-state index contributed by atoms with van der Waals surface area (Å²) in [5, 5.41) is 48.2. The summed E-state index contributed by atoms with van der Waals surface area (Å²) in [6, 6.07) is -1.17. The average Bonchev–Trinajstić information content (AvgIpc) is 3.22. The molecule has 2 aliphatic heterocycles. The minimum Gasteiger partial charge on any atom is -0.395 e. The summed E-state index contributed by atoms with van der Waals surface area (Å²) in [4.78, 5) is 28.2. The number of hydrogen-bond acceptors (Lipinski definition) is 9. The maximum Gasteiger partial charge on any atom is 0.328 e. The van der Waals surface area contributed by atoms with Crippen LogP contribution in [0.2, 0.25) is 0 Å². The molecule has 0 aliphatic carbocycles. The fourth-order valence-electron chi connectivity index (χ4n) is 4.85. The number of aliphatic hydroxyl groups excluding tert-OH is 5. The van der Waals surface area contributed by atoms with Gasteiger partial charge in [0.15, 0.2) is 6.23 Å². The summed E-state index contributed by atoms with van der Waals surface area (Å²) >= 11 is 0. The van der Waals surface area contributed by atoms with Crippen molar-refractivity contribution in [2.24, 2.45) is 11.7 Å². The van der Waals surface area contributed by atoms with Gasteiger partial charge < -0.3 is 36.0 Å². The lowest BCUT2D eigenvalue weighted by Gasteiger charge is -2.40. The first-order chi connectivity index (χ1) is 18.7. The molecule has 11 nitrogen and oxygen atoms in total. The molecule has 2 aliphatic rings. The second-order valence-electron chi connectivity index (χ2n) is 10.6. The Labute approximate surface area is 231 Å². The molecule has 0 spiro atoms. The van der Waals surface area contributed by atoms with Crippen LogP contribution in [0.5, 0.6) is 0 Å². The highest BCUT2D eigenvalue weighted by Gasteiger charge is 2.50. The number of aliphatic hydroxyl groups is 5. The zero-order valence-electron chi connectivity index (χ0n) is 23.2. The Bertz CT molecular complexity index is 795. The fourth-order valence-corrected chi connectivity index (χ4v) is 4.85. The minimum atomic E-state index is -1.34. The molecule has 7 N–H and O–H groups in total. The minimum absolute atomic E-state index is 0.0950. The molecule has 0 radical (unpaired) electrons. The van der Waals surface area contributed by atoms with E-state index in [9.17, 15) is 30.0 Å². The number of nitrogens with two attached hydrogens (primary N) is 1. The van der Waals surface area contributed by atoms with E-state index >= 15 is 0 Å². The molecule has 0 saturated carbocycles. The smallest absolute Gasteiger partial charge is 0.328 e. The summed E-state index contributed by atoms with van der Waals surface area (Å²) < 4.78 is 5.51. The van der Waals surface area contributed by atoms with Gasteiger partial charge >= 0.3 is 6.03 Å². The molecule has 224 valence electrons. The summed E-state index contributed by atoms with van der Waals surface area (Å²) in [7, 11) is 0. The molecule has 3 unspecified atom stereocenters. The van der Waals surface area contributed by atoms with Gasteiger partial charge in [0.1, 0.15) is 18.3 Å². The van der Waals surface area contributed by atoms with Crippen LogP contribution >= 0.6 is 0 Å². The third-order valence-electron chi connectivity index (χ3n) is 7.36. The van der Waals surface area contributed by atoms with Crippen molar-refractivity contribution in [1.82, 2.24) is 9.80 Å². The highest BCUT2D eigenvalue weighted by atomic mass is 16.6. The molecule has 11 heteroatoms. The Kier molecular flexibility index (Phi) is 15.2. The van der Waals surface area contributed by atoms with E-state index in [0.29, 0.717) is 13.0 Å². The van der Waals surface area contributed by atoms with Gasteiger partial charge in [-0.1, -0.05) is 63.3 Å². The highest BCUT2D eigenvalue weighted by Crippen LogP contribution is 2.28. The molecule has 7 atom stereocenters. The second-order valence-corrected chi connectivity index (χ2v) is 10.6. The topological polar surface area (TPSA) is 177 Å². The SMILES string of the molecule is CC1CN([C@@H]2O[C@H](CO)[C@@H](O)[C@H]2O)C(=O)N(CCCCCCCCC/C=C/CC/C=C/C(O)C(N)CO)C1=O. The predicted octanol–water partition coefficient (Wildman–Crippen LogP) is 1.02. The van der Waals surface area contributed by atoms with E-state index in [4.69, 9.17) is 15.6 Å². The maximum atomic E-state index is 13.0. The lowest BCUT2D eigenvalue weighted by atomic mass is 10.0. The number of ether oxygens (including phenoxy) is 1. The Hall–Kier alpha value is -1.86. The van der Waals surface area contributed by atoms with Crippen molar-refractivity contribution in [3.63, 3.8) is 0 Å². The van der Waals surface area contributed by atoms with E-state index in [1.54, 1.807) is 13.0 Å². The van der Waals surface area contributed by atoms with Crippen molar-refractivity contribution < 1.29 is 39.9 Å². The molecule has 0 aromatic rings. The van der Waals surface area contributed by atoms with Crippen LogP contribution < -0.4 is 5.73 Å². The van der Waals surface area contributed by atoms with Gasteiger partial charge in [0.05, 0.1) is 31.3 Å². The van der Waals surface area contributed by atoms with Gasteiger partial charge in [0.2, 0.25) is 5.91 Å². The maximum absolute atomic E-state index is 13.0. The molecular formula is C28H49N3O8. The molecule has 39 heavy (non-hydrogen) atoms. The van der Waals surface area contributed by atoms with E-state index in [2.05, 4.69) is 12.2 Å². The summed E-state index contributed by atoms with van der Waals surface area (Å²) in [5.74, 6) is -0.687. The molecule has 3 amide bonds. The fraction of sp³-hybridized carbons (Fsp3) is 0.786. The number of hydrogen-bond donors (Lipinski definition) is 6. The number of nitrogens with zero attached hydrogens (tertiary/aromatic N) is 2. The second kappa shape index (κ2) is 17.8. The Balaban J connectivity index is 1.56. The van der Waals surface area contributed by atoms with Crippen LogP contribution in [0.3, 0.4) is 0 Å². The molecule has 2 heterocycles. The van der Waals surface area contributed by atoms with Gasteiger partial charge in [-0.15, -0.1) is 0 Å². The predicted molar refractivity (Wildman–Crippen MR) is 146 cm³/mol. The molecule has 0 bridgehead atoms. The van der Waals surface area contributed by atoms with Crippen molar-refractivity contribution in [2.75, 3.05) is 26.3 Å². The molecule has 0 aromatic carbocycles. The van der Waals surface area contributed by atoms with Gasteiger partial charge in [-0.05, 0) is 32.1 Å². The quantitative estimate of drug-likeness (QED) is 0.106. The van der Waals surface area contributed by atoms with Crippen LogP contribution in [0.25, 0.3) is 0 Å². The zero-order chi connectivity index (χ0) is 28.8. The molecule has 0 aromatic heterocycles. The summed E-state index contributed by atoms with van der Waals surface area (Å²) in [5.41, 5.74) is 5.54. The van der Waals surface area contributed by atoms with Crippen LogP contribution in [0.15, 0.2) is 24.3 Å². The van der Waals surface area contributed by atoms with Crippen LogP contribution in [0.1, 0.15) is 71.1 Å². The first-order valence-electron chi connectivity index (χ1n) is 14.3. The van der Waals surface area contributed by atoms with Gasteiger partial charge in [0, 0.05) is 13.1 Å². The van der Waals surface area contributed by atoms with Crippen LogP contribution in [0, 0.1) is 5.92 Å². The first-order valence-corrected chi connectivity index (χ1v) is 14.3. The van der Waals surface area contributed by atoms with E-state index < -0.39 is 55.2 Å². The standard InChI is InChI=1S/C28H49N3O8/c1-20-17-31(27-25(36)24(35)23(19-33)39-27)28(38)30(26(20)37)16-14-12-10-8-6-4-2-3-5-7-9-11-13-15-22(34)21(29)18-32/h5,7,13,15,20-25,27,32-36H,2-4,6,8-12,14,16-19,29H2,1H3/b7-5+,15-13+/t20?,21?,22?,23-,24-,25-,27-/m1/s1. The Morgan fingerprint density at radius 2 is 1.56 bits per heavy atom. The number of rotatable bonds is 18. The lowest BCUT2D eigenvalue weighted by Crippen LogP contribution is -2.61. The van der Waals surface area contributed by atoms with Gasteiger partial charge in [-0.3, -0.25) is 14.6 Å². The number of carbonyl (C=O) groups excluding carboxylic acids is 2. The Morgan fingerprint density at radius 1 is 0.949 bits per heavy atom. The van der Waals surface area contributed by atoms with Crippen LogP contribution in [0.4, 0.5) is 4.79 Å². The third-order valence-corrected chi connectivity index (χ3v) is 7.36. The first kappa shape index (κ1) is 33.3. The average molecular weight is 556 g/mol. The Morgan fingerprint density at radius 3 is 2.21 bits per heavy atom.